The number of nitrogens with two attached hydrogens (primary N) is 1. The van der Waals surface area contributed by atoms with Crippen molar-refractivity contribution >= 4 is 5.91 Å². The monoisotopic (exact) mass is 193 g/mol. The molecule has 3 aliphatic heterocycles. The molecule has 0 aromatic carbocycles. The van der Waals surface area contributed by atoms with E-state index in [0.29, 0.717) is 0 Å². The first-order valence-electron chi connectivity index (χ1n) is 4.64. The summed E-state index contributed by atoms with van der Waals surface area (Å²) in [7, 11) is 0. The van der Waals surface area contributed by atoms with Gasteiger partial charge in [-0.1, -0.05) is 0 Å². The Morgan fingerprint density at radius 3 is 3.29 bits per heavy atom. The van der Waals surface area contributed by atoms with Crippen LogP contribution in [-0.4, -0.2) is 18.6 Å². The molecule has 0 aromatic rings. The number of amides is 1. The topological polar surface area (TPSA) is 76.4 Å². The third-order valence-electron chi connectivity index (χ3n) is 3.00. The molecule has 0 aliphatic carbocycles. The van der Waals surface area contributed by atoms with Gasteiger partial charge in [-0.2, -0.15) is 0 Å². The van der Waals surface area contributed by atoms with Crippen molar-refractivity contribution in [1.82, 2.24) is 10.9 Å². The summed E-state index contributed by atoms with van der Waals surface area (Å²) < 4.78 is 5.55. The molecular formula is C9H11N3O2. The van der Waals surface area contributed by atoms with E-state index in [9.17, 15) is 4.79 Å². The lowest BCUT2D eigenvalue weighted by molar-refractivity contribution is -0.126. The molecule has 1 fully saturated rings. The highest BCUT2D eigenvalue weighted by atomic mass is 16.5. The van der Waals surface area contributed by atoms with Gasteiger partial charge in [0.15, 0.2) is 0 Å². The third kappa shape index (κ3) is 0.846. The number of hydrazine groups is 1. The van der Waals surface area contributed by atoms with Gasteiger partial charge in [0.05, 0.1) is 11.6 Å². The van der Waals surface area contributed by atoms with Gasteiger partial charge in [0.1, 0.15) is 11.9 Å². The minimum absolute atomic E-state index is 0.135. The van der Waals surface area contributed by atoms with Crippen molar-refractivity contribution in [3.63, 3.8) is 0 Å². The van der Waals surface area contributed by atoms with Gasteiger partial charge in [-0.15, -0.1) is 0 Å². The lowest BCUT2D eigenvalue weighted by atomic mass is 9.85. The standard InChI is InChI=1S/C9H11N3O2/c10-9(13)7-4-3-11-12-8(4)6-2-1-5(7)14-6/h1-2,4-5,7,11-12H,3H2,(H2,10,13). The van der Waals surface area contributed by atoms with E-state index in [4.69, 9.17) is 10.5 Å². The predicted octanol–water partition coefficient (Wildman–Crippen LogP) is -1.01. The molecule has 3 heterocycles. The number of hydrogen-bond acceptors (Lipinski definition) is 4. The van der Waals surface area contributed by atoms with E-state index in [1.54, 1.807) is 0 Å². The van der Waals surface area contributed by atoms with E-state index >= 15 is 0 Å². The lowest BCUT2D eigenvalue weighted by Crippen LogP contribution is -2.42. The number of allylic oxidation sites excluding steroid dienone is 1. The van der Waals surface area contributed by atoms with Crippen LogP contribution in [0.5, 0.6) is 0 Å². The summed E-state index contributed by atoms with van der Waals surface area (Å²) >= 11 is 0. The maximum Gasteiger partial charge on any atom is 0.225 e. The van der Waals surface area contributed by atoms with Crippen molar-refractivity contribution in [1.29, 1.82) is 0 Å². The molecule has 3 rings (SSSR count). The zero-order valence-electron chi connectivity index (χ0n) is 7.49. The van der Waals surface area contributed by atoms with Crippen molar-refractivity contribution in [2.45, 2.75) is 6.10 Å². The summed E-state index contributed by atoms with van der Waals surface area (Å²) in [6.45, 7) is 0.730. The molecule has 3 aliphatic rings. The van der Waals surface area contributed by atoms with E-state index in [1.165, 1.54) is 0 Å². The van der Waals surface area contributed by atoms with E-state index in [1.807, 2.05) is 12.2 Å². The number of nitrogens with one attached hydrogen (secondary N) is 2. The number of rotatable bonds is 1. The zero-order chi connectivity index (χ0) is 9.71. The quantitative estimate of drug-likeness (QED) is 0.499. The summed E-state index contributed by atoms with van der Waals surface area (Å²) in [5.74, 6) is 0.419. The summed E-state index contributed by atoms with van der Waals surface area (Å²) in [4.78, 5) is 11.3. The van der Waals surface area contributed by atoms with Gasteiger partial charge in [-0.3, -0.25) is 4.79 Å². The van der Waals surface area contributed by atoms with Crippen molar-refractivity contribution < 1.29 is 9.53 Å². The average molecular weight is 193 g/mol. The molecule has 2 bridgehead atoms. The fraction of sp³-hybridized carbons (Fsp3) is 0.444. The Morgan fingerprint density at radius 1 is 1.64 bits per heavy atom. The van der Waals surface area contributed by atoms with Gasteiger partial charge in [0, 0.05) is 12.5 Å². The van der Waals surface area contributed by atoms with E-state index in [2.05, 4.69) is 10.9 Å². The molecule has 4 N–H and O–H groups in total. The third-order valence-corrected chi connectivity index (χ3v) is 3.00. The van der Waals surface area contributed by atoms with Crippen LogP contribution in [0.15, 0.2) is 23.6 Å². The lowest BCUT2D eigenvalue weighted by Gasteiger charge is -2.29. The second-order valence-electron chi connectivity index (χ2n) is 3.76. The highest BCUT2D eigenvalue weighted by molar-refractivity contribution is 5.79. The summed E-state index contributed by atoms with van der Waals surface area (Å²) in [5.41, 5.74) is 12.4. The summed E-state index contributed by atoms with van der Waals surface area (Å²) in [5, 5.41) is 0. The highest BCUT2D eigenvalue weighted by Gasteiger charge is 2.46. The van der Waals surface area contributed by atoms with Gasteiger partial charge in [-0.25, -0.2) is 5.43 Å². The zero-order valence-corrected chi connectivity index (χ0v) is 7.49. The molecule has 0 aromatic heterocycles. The first-order chi connectivity index (χ1) is 6.77. The molecule has 1 saturated heterocycles. The number of hydrogen-bond donors (Lipinski definition) is 3. The van der Waals surface area contributed by atoms with Crippen LogP contribution >= 0.6 is 0 Å². The fourth-order valence-electron chi connectivity index (χ4n) is 2.34. The molecule has 1 amide bonds. The van der Waals surface area contributed by atoms with Gasteiger partial charge in [0.25, 0.3) is 0 Å². The number of primary amides is 1. The van der Waals surface area contributed by atoms with Crippen LogP contribution in [0.3, 0.4) is 0 Å². The summed E-state index contributed by atoms with van der Waals surface area (Å²) in [6.07, 6.45) is 3.63. The van der Waals surface area contributed by atoms with Crippen molar-refractivity contribution in [2.75, 3.05) is 6.54 Å². The Labute approximate surface area is 80.9 Å². The van der Waals surface area contributed by atoms with E-state index in [0.717, 1.165) is 18.0 Å². The largest absolute Gasteiger partial charge is 0.484 e. The Balaban J connectivity index is 2.07. The first-order valence-corrected chi connectivity index (χ1v) is 4.64. The number of carbonyl (C=O) groups excluding carboxylic acids is 1. The van der Waals surface area contributed by atoms with Gasteiger partial charge in [0.2, 0.25) is 5.91 Å². The molecule has 14 heavy (non-hydrogen) atoms. The van der Waals surface area contributed by atoms with E-state index < -0.39 is 0 Å². The van der Waals surface area contributed by atoms with Crippen LogP contribution in [0.1, 0.15) is 0 Å². The van der Waals surface area contributed by atoms with Crippen LogP contribution < -0.4 is 16.6 Å². The second kappa shape index (κ2) is 2.51. The fourth-order valence-corrected chi connectivity index (χ4v) is 2.34. The van der Waals surface area contributed by atoms with Crippen LogP contribution in [0.2, 0.25) is 0 Å². The van der Waals surface area contributed by atoms with Gasteiger partial charge < -0.3 is 15.9 Å². The van der Waals surface area contributed by atoms with Crippen LogP contribution in [0.4, 0.5) is 0 Å². The molecule has 3 atom stereocenters. The first kappa shape index (κ1) is 7.87. The summed E-state index contributed by atoms with van der Waals surface area (Å²) in [6, 6.07) is 0. The van der Waals surface area contributed by atoms with Gasteiger partial charge in [-0.05, 0) is 12.2 Å². The Bertz CT molecular complexity index is 361. The molecule has 0 radical (unpaired) electrons. The Morgan fingerprint density at radius 2 is 2.50 bits per heavy atom. The highest BCUT2D eigenvalue weighted by Crippen LogP contribution is 2.39. The number of ether oxygens (including phenoxy) is 1. The maximum atomic E-state index is 11.3. The number of fused-ring (bicyclic) bond motifs is 3. The molecule has 5 nitrogen and oxygen atoms in total. The van der Waals surface area contributed by atoms with Crippen LogP contribution in [0, 0.1) is 11.8 Å². The van der Waals surface area contributed by atoms with Crippen molar-refractivity contribution in [3.05, 3.63) is 23.6 Å². The van der Waals surface area contributed by atoms with Crippen molar-refractivity contribution in [3.8, 4) is 0 Å². The van der Waals surface area contributed by atoms with Crippen LogP contribution in [-0.2, 0) is 9.53 Å². The molecule has 0 saturated carbocycles. The predicted molar refractivity (Wildman–Crippen MR) is 48.4 cm³/mol. The maximum absolute atomic E-state index is 11.3. The normalized spacial score (nSPS) is 37.9. The molecule has 5 heteroatoms. The average Bonchev–Trinajstić information content (AvgIpc) is 2.73. The van der Waals surface area contributed by atoms with Gasteiger partial charge >= 0.3 is 0 Å². The second-order valence-corrected chi connectivity index (χ2v) is 3.76. The number of carbonyl (C=O) groups is 1. The Hall–Kier alpha value is -1.49. The minimum atomic E-state index is -0.298. The Kier molecular flexibility index (Phi) is 1.41. The molecular weight excluding hydrogens is 182 g/mol. The molecule has 3 unspecified atom stereocenters. The minimum Gasteiger partial charge on any atom is -0.484 e. The molecule has 74 valence electrons. The molecule has 0 spiro atoms. The van der Waals surface area contributed by atoms with Crippen LogP contribution in [0.25, 0.3) is 0 Å². The van der Waals surface area contributed by atoms with E-state index in [-0.39, 0.29) is 23.8 Å². The smallest absolute Gasteiger partial charge is 0.225 e. The SMILES string of the molecule is NC(=O)C1C2C=CC(=C3NNCC31)O2. The van der Waals surface area contributed by atoms with Crippen molar-refractivity contribution in [2.24, 2.45) is 17.6 Å².